The number of anilines is 1. The van der Waals surface area contributed by atoms with Crippen molar-refractivity contribution in [2.75, 3.05) is 18.1 Å². The zero-order valence-electron chi connectivity index (χ0n) is 20.2. The Kier molecular flexibility index (Phi) is 7.31. The van der Waals surface area contributed by atoms with E-state index in [1.807, 2.05) is 78.6 Å². The number of fused-ring (bicyclic) bond motifs is 1. The van der Waals surface area contributed by atoms with Crippen LogP contribution in [0.1, 0.15) is 48.4 Å². The lowest BCUT2D eigenvalue weighted by molar-refractivity contribution is -0.133. The SMILES string of the molecule is CCC(C(=O)N1CCOc2ccc(CN(C(C)=O)c3ccc(C)cc3)cc2C1)c1ccccc1. The number of aryl methyl sites for hydroxylation is 1. The Morgan fingerprint density at radius 3 is 2.44 bits per heavy atom. The minimum absolute atomic E-state index is 0.0134. The molecule has 0 fully saturated rings. The highest BCUT2D eigenvalue weighted by Gasteiger charge is 2.27. The van der Waals surface area contributed by atoms with Gasteiger partial charge in [-0.1, -0.05) is 61.0 Å². The van der Waals surface area contributed by atoms with Crippen LogP contribution < -0.4 is 9.64 Å². The standard InChI is InChI=1S/C29H32N2O3/c1-4-27(24-8-6-5-7-9-24)29(33)30-16-17-34-28-15-12-23(18-25(28)20-30)19-31(22(3)32)26-13-10-21(2)11-14-26/h5-15,18,27H,4,16-17,19-20H2,1-3H3. The highest BCUT2D eigenvalue weighted by molar-refractivity contribution is 5.91. The molecule has 3 aromatic carbocycles. The molecule has 0 saturated carbocycles. The molecule has 4 rings (SSSR count). The average molecular weight is 457 g/mol. The van der Waals surface area contributed by atoms with Crippen LogP contribution in [0.4, 0.5) is 5.69 Å². The van der Waals surface area contributed by atoms with E-state index in [-0.39, 0.29) is 17.7 Å². The summed E-state index contributed by atoms with van der Waals surface area (Å²) in [6.07, 6.45) is 0.747. The Hall–Kier alpha value is -3.60. The topological polar surface area (TPSA) is 49.9 Å². The molecule has 5 heteroatoms. The second-order valence-electron chi connectivity index (χ2n) is 8.86. The number of ether oxygens (including phenoxy) is 1. The molecule has 34 heavy (non-hydrogen) atoms. The second kappa shape index (κ2) is 10.6. The van der Waals surface area contributed by atoms with Crippen molar-refractivity contribution in [2.24, 2.45) is 0 Å². The number of hydrogen-bond acceptors (Lipinski definition) is 3. The highest BCUT2D eigenvalue weighted by atomic mass is 16.5. The van der Waals surface area contributed by atoms with Gasteiger partial charge in [0.2, 0.25) is 11.8 Å². The molecule has 5 nitrogen and oxygen atoms in total. The predicted molar refractivity (Wildman–Crippen MR) is 135 cm³/mol. The van der Waals surface area contributed by atoms with Crippen LogP contribution in [-0.4, -0.2) is 29.9 Å². The summed E-state index contributed by atoms with van der Waals surface area (Å²) in [6, 6.07) is 24.0. The molecule has 1 unspecified atom stereocenters. The number of amides is 2. The Balaban J connectivity index is 1.56. The maximum absolute atomic E-state index is 13.5. The van der Waals surface area contributed by atoms with Crippen LogP contribution in [-0.2, 0) is 22.7 Å². The van der Waals surface area contributed by atoms with Crippen LogP contribution in [0.2, 0.25) is 0 Å². The third-order valence-corrected chi connectivity index (χ3v) is 6.39. The first-order valence-electron chi connectivity index (χ1n) is 11.9. The Bertz CT molecular complexity index is 1140. The Labute approximate surface area is 202 Å². The molecule has 1 aliphatic heterocycles. The first-order valence-corrected chi connectivity index (χ1v) is 11.9. The van der Waals surface area contributed by atoms with Gasteiger partial charge in [0.1, 0.15) is 12.4 Å². The van der Waals surface area contributed by atoms with Gasteiger partial charge in [-0.25, -0.2) is 0 Å². The van der Waals surface area contributed by atoms with E-state index in [1.54, 1.807) is 11.8 Å². The van der Waals surface area contributed by atoms with Crippen molar-refractivity contribution in [1.29, 1.82) is 0 Å². The van der Waals surface area contributed by atoms with E-state index < -0.39 is 0 Å². The summed E-state index contributed by atoms with van der Waals surface area (Å²) in [5, 5.41) is 0. The number of benzene rings is 3. The average Bonchev–Trinajstić information content (AvgIpc) is 3.06. The van der Waals surface area contributed by atoms with Crippen molar-refractivity contribution in [3.05, 3.63) is 95.1 Å². The zero-order chi connectivity index (χ0) is 24.1. The quantitative estimate of drug-likeness (QED) is 0.495. The van der Waals surface area contributed by atoms with Gasteiger partial charge in [0.15, 0.2) is 0 Å². The maximum atomic E-state index is 13.5. The van der Waals surface area contributed by atoms with E-state index in [2.05, 4.69) is 13.0 Å². The lowest BCUT2D eigenvalue weighted by atomic mass is 9.94. The van der Waals surface area contributed by atoms with Crippen LogP contribution in [0.3, 0.4) is 0 Å². The number of nitrogens with zero attached hydrogens (tertiary/aromatic N) is 2. The molecule has 1 aliphatic rings. The van der Waals surface area contributed by atoms with Gasteiger partial charge < -0.3 is 14.5 Å². The van der Waals surface area contributed by atoms with Gasteiger partial charge in [0.25, 0.3) is 0 Å². The molecular formula is C29H32N2O3. The van der Waals surface area contributed by atoms with E-state index in [0.29, 0.717) is 26.2 Å². The monoisotopic (exact) mass is 456 g/mol. The first kappa shape index (κ1) is 23.6. The van der Waals surface area contributed by atoms with Crippen molar-refractivity contribution in [3.8, 4) is 5.75 Å². The van der Waals surface area contributed by atoms with Gasteiger partial charge in [-0.15, -0.1) is 0 Å². The fraction of sp³-hybridized carbons (Fsp3) is 0.310. The fourth-order valence-electron chi connectivity index (χ4n) is 4.48. The van der Waals surface area contributed by atoms with E-state index in [1.165, 1.54) is 0 Å². The van der Waals surface area contributed by atoms with Gasteiger partial charge in [-0.05, 0) is 48.7 Å². The summed E-state index contributed by atoms with van der Waals surface area (Å²) < 4.78 is 5.98. The Morgan fingerprint density at radius 2 is 1.76 bits per heavy atom. The summed E-state index contributed by atoms with van der Waals surface area (Å²) >= 11 is 0. The smallest absolute Gasteiger partial charge is 0.230 e. The van der Waals surface area contributed by atoms with Gasteiger partial charge in [0.05, 0.1) is 19.0 Å². The van der Waals surface area contributed by atoms with Crippen molar-refractivity contribution >= 4 is 17.5 Å². The summed E-state index contributed by atoms with van der Waals surface area (Å²) in [5.41, 5.74) is 5.04. The predicted octanol–water partition coefficient (Wildman–Crippen LogP) is 5.46. The first-order chi connectivity index (χ1) is 16.5. The summed E-state index contributed by atoms with van der Waals surface area (Å²) in [4.78, 5) is 29.6. The van der Waals surface area contributed by atoms with Gasteiger partial charge in [0, 0.05) is 24.7 Å². The lowest BCUT2D eigenvalue weighted by Gasteiger charge is -2.26. The molecule has 0 aromatic heterocycles. The fourth-order valence-corrected chi connectivity index (χ4v) is 4.48. The normalized spacial score (nSPS) is 13.9. The largest absolute Gasteiger partial charge is 0.491 e. The molecule has 0 N–H and O–H groups in total. The molecule has 2 amide bonds. The number of rotatable bonds is 6. The Morgan fingerprint density at radius 1 is 1.03 bits per heavy atom. The van der Waals surface area contributed by atoms with Crippen LogP contribution >= 0.6 is 0 Å². The van der Waals surface area contributed by atoms with E-state index in [0.717, 1.165) is 40.1 Å². The van der Waals surface area contributed by atoms with Gasteiger partial charge in [-0.2, -0.15) is 0 Å². The summed E-state index contributed by atoms with van der Waals surface area (Å²) in [7, 11) is 0. The number of carbonyl (C=O) groups is 2. The third-order valence-electron chi connectivity index (χ3n) is 6.39. The minimum Gasteiger partial charge on any atom is -0.491 e. The van der Waals surface area contributed by atoms with Crippen LogP contribution in [0.15, 0.2) is 72.8 Å². The molecular weight excluding hydrogens is 424 g/mol. The highest BCUT2D eigenvalue weighted by Crippen LogP contribution is 2.29. The molecule has 1 heterocycles. The summed E-state index contributed by atoms with van der Waals surface area (Å²) in [6.45, 7) is 7.64. The van der Waals surface area contributed by atoms with Gasteiger partial charge in [-0.3, -0.25) is 9.59 Å². The molecule has 3 aromatic rings. The molecule has 176 valence electrons. The van der Waals surface area contributed by atoms with E-state index >= 15 is 0 Å². The van der Waals surface area contributed by atoms with Crippen LogP contribution in [0.5, 0.6) is 5.75 Å². The van der Waals surface area contributed by atoms with Crippen molar-refractivity contribution < 1.29 is 14.3 Å². The van der Waals surface area contributed by atoms with Crippen LogP contribution in [0, 0.1) is 6.92 Å². The molecule has 0 radical (unpaired) electrons. The van der Waals surface area contributed by atoms with E-state index in [9.17, 15) is 9.59 Å². The van der Waals surface area contributed by atoms with Gasteiger partial charge >= 0.3 is 0 Å². The second-order valence-corrected chi connectivity index (χ2v) is 8.86. The van der Waals surface area contributed by atoms with Crippen molar-refractivity contribution in [1.82, 2.24) is 4.90 Å². The maximum Gasteiger partial charge on any atom is 0.230 e. The van der Waals surface area contributed by atoms with Crippen LogP contribution in [0.25, 0.3) is 0 Å². The molecule has 1 atom stereocenters. The summed E-state index contributed by atoms with van der Waals surface area (Å²) in [5.74, 6) is 0.748. The number of hydrogen-bond donors (Lipinski definition) is 0. The number of carbonyl (C=O) groups excluding carboxylic acids is 2. The minimum atomic E-state index is -0.166. The molecule has 0 spiro atoms. The van der Waals surface area contributed by atoms with E-state index in [4.69, 9.17) is 4.74 Å². The zero-order valence-corrected chi connectivity index (χ0v) is 20.2. The molecule has 0 bridgehead atoms. The lowest BCUT2D eigenvalue weighted by Crippen LogP contribution is -2.36. The van der Waals surface area contributed by atoms with Crippen molar-refractivity contribution in [2.45, 2.75) is 46.2 Å². The third kappa shape index (κ3) is 5.30. The molecule has 0 saturated heterocycles. The van der Waals surface area contributed by atoms with Crippen molar-refractivity contribution in [3.63, 3.8) is 0 Å². The molecule has 0 aliphatic carbocycles.